The third kappa shape index (κ3) is 3.84. The maximum absolute atomic E-state index is 11.2. The fraction of sp³-hybridized carbons (Fsp3) is 0.417. The van der Waals surface area contributed by atoms with Crippen molar-refractivity contribution in [2.45, 2.75) is 6.92 Å². The molecule has 0 fully saturated rings. The number of esters is 1. The monoisotopic (exact) mass is 269 g/mol. The van der Waals surface area contributed by atoms with Crippen LogP contribution in [0.3, 0.4) is 0 Å². The predicted molar refractivity (Wildman–Crippen MR) is 66.3 cm³/mol. The van der Waals surface area contributed by atoms with Gasteiger partial charge in [0, 0.05) is 0 Å². The smallest absolute Gasteiger partial charge is 0.314 e. The third-order valence-electron chi connectivity index (χ3n) is 2.46. The van der Waals surface area contributed by atoms with Gasteiger partial charge in [0.15, 0.2) is 5.75 Å². The van der Waals surface area contributed by atoms with Crippen LogP contribution < -0.4 is 9.47 Å². The predicted octanol–water partition coefficient (Wildman–Crippen LogP) is 1.79. The molecule has 7 heteroatoms. The first kappa shape index (κ1) is 14.7. The zero-order chi connectivity index (χ0) is 14.4. The number of ether oxygens (including phenoxy) is 3. The molecule has 0 aliphatic rings. The van der Waals surface area contributed by atoms with Gasteiger partial charge in [-0.25, -0.2) is 0 Å². The van der Waals surface area contributed by atoms with Crippen molar-refractivity contribution in [3.8, 4) is 11.5 Å². The maximum Gasteiger partial charge on any atom is 0.314 e. The number of benzene rings is 1. The van der Waals surface area contributed by atoms with Gasteiger partial charge in [0.05, 0.1) is 31.1 Å². The number of nitro groups is 1. The van der Waals surface area contributed by atoms with Crippen molar-refractivity contribution in [3.05, 3.63) is 28.3 Å². The molecule has 1 aromatic carbocycles. The number of methoxy groups -OCH3 is 2. The van der Waals surface area contributed by atoms with Crippen LogP contribution in [-0.4, -0.2) is 31.7 Å². The Morgan fingerprint density at radius 3 is 2.63 bits per heavy atom. The molecule has 0 N–H and O–H groups in total. The molecule has 1 atom stereocenters. The second-order valence-corrected chi connectivity index (χ2v) is 3.83. The van der Waals surface area contributed by atoms with Gasteiger partial charge in [-0.05, 0) is 19.1 Å². The van der Waals surface area contributed by atoms with Crippen molar-refractivity contribution in [2.75, 3.05) is 20.8 Å². The lowest BCUT2D eigenvalue weighted by molar-refractivity contribution is -0.386. The summed E-state index contributed by atoms with van der Waals surface area (Å²) < 4.78 is 14.7. The largest absolute Gasteiger partial charge is 0.496 e. The lowest BCUT2D eigenvalue weighted by Gasteiger charge is -2.11. The molecule has 7 nitrogen and oxygen atoms in total. The van der Waals surface area contributed by atoms with Crippen molar-refractivity contribution in [1.82, 2.24) is 0 Å². The molecule has 0 heterocycles. The number of hydrogen-bond acceptors (Lipinski definition) is 6. The van der Waals surface area contributed by atoms with Gasteiger partial charge in [-0.3, -0.25) is 14.9 Å². The summed E-state index contributed by atoms with van der Waals surface area (Å²) in [5.74, 6) is -0.496. The van der Waals surface area contributed by atoms with E-state index >= 15 is 0 Å². The summed E-state index contributed by atoms with van der Waals surface area (Å²) in [5, 5.41) is 10.9. The van der Waals surface area contributed by atoms with E-state index in [1.165, 1.54) is 26.4 Å². The van der Waals surface area contributed by atoms with E-state index in [1.807, 2.05) is 0 Å². The van der Waals surface area contributed by atoms with E-state index in [4.69, 9.17) is 9.47 Å². The lowest BCUT2D eigenvalue weighted by Crippen LogP contribution is -2.20. The van der Waals surface area contributed by atoms with Gasteiger partial charge in [-0.15, -0.1) is 0 Å². The fourth-order valence-electron chi connectivity index (χ4n) is 1.37. The van der Waals surface area contributed by atoms with Crippen molar-refractivity contribution in [1.29, 1.82) is 0 Å². The van der Waals surface area contributed by atoms with Gasteiger partial charge >= 0.3 is 11.7 Å². The first-order valence-electron chi connectivity index (χ1n) is 5.52. The van der Waals surface area contributed by atoms with Crippen molar-refractivity contribution in [3.63, 3.8) is 0 Å². The zero-order valence-corrected chi connectivity index (χ0v) is 10.9. The van der Waals surface area contributed by atoms with Gasteiger partial charge in [0.1, 0.15) is 12.4 Å². The van der Waals surface area contributed by atoms with Gasteiger partial charge in [0.25, 0.3) is 0 Å². The Morgan fingerprint density at radius 1 is 1.42 bits per heavy atom. The molecule has 0 radical (unpaired) electrons. The normalized spacial score (nSPS) is 11.5. The molecule has 0 bridgehead atoms. The molecule has 0 amide bonds. The highest BCUT2D eigenvalue weighted by molar-refractivity contribution is 5.72. The van der Waals surface area contributed by atoms with Crippen LogP contribution in [0.2, 0.25) is 0 Å². The highest BCUT2D eigenvalue weighted by Gasteiger charge is 2.19. The van der Waals surface area contributed by atoms with Gasteiger partial charge in [0.2, 0.25) is 0 Å². The van der Waals surface area contributed by atoms with E-state index in [1.54, 1.807) is 13.0 Å². The first-order chi connectivity index (χ1) is 8.99. The van der Waals surface area contributed by atoms with Crippen LogP contribution >= 0.6 is 0 Å². The highest BCUT2D eigenvalue weighted by atomic mass is 16.6. The minimum atomic E-state index is -0.569. The van der Waals surface area contributed by atoms with E-state index in [0.29, 0.717) is 5.75 Å². The van der Waals surface area contributed by atoms with Gasteiger partial charge < -0.3 is 14.2 Å². The standard InChI is InChI=1S/C12H15NO6/c1-8(12(14)18-3)7-19-11-5-4-9(17-2)6-10(11)13(15)16/h4-6,8H,7H2,1-3H3. The van der Waals surface area contributed by atoms with Crippen molar-refractivity contribution < 1.29 is 23.9 Å². The second-order valence-electron chi connectivity index (χ2n) is 3.83. The van der Waals surface area contributed by atoms with E-state index in [-0.39, 0.29) is 18.0 Å². The van der Waals surface area contributed by atoms with Crippen LogP contribution in [0.5, 0.6) is 11.5 Å². The highest BCUT2D eigenvalue weighted by Crippen LogP contribution is 2.31. The molecule has 0 spiro atoms. The van der Waals surface area contributed by atoms with Crippen LogP contribution in [0.1, 0.15) is 6.92 Å². The molecule has 0 aromatic heterocycles. The minimum absolute atomic E-state index is 0.000157. The maximum atomic E-state index is 11.2. The van der Waals surface area contributed by atoms with Crippen LogP contribution in [0.15, 0.2) is 18.2 Å². The van der Waals surface area contributed by atoms with E-state index in [0.717, 1.165) is 0 Å². The van der Waals surface area contributed by atoms with Crippen molar-refractivity contribution in [2.24, 2.45) is 5.92 Å². The summed E-state index contributed by atoms with van der Waals surface area (Å²) in [6.45, 7) is 1.61. The summed E-state index contributed by atoms with van der Waals surface area (Å²) in [6.07, 6.45) is 0. The summed E-state index contributed by atoms with van der Waals surface area (Å²) in [7, 11) is 2.69. The molecule has 0 aliphatic heterocycles. The van der Waals surface area contributed by atoms with Crippen LogP contribution in [0, 0.1) is 16.0 Å². The zero-order valence-electron chi connectivity index (χ0n) is 10.9. The average molecular weight is 269 g/mol. The molecule has 104 valence electrons. The summed E-state index contributed by atoms with van der Waals surface area (Å²) in [5.41, 5.74) is -0.212. The fourth-order valence-corrected chi connectivity index (χ4v) is 1.37. The topological polar surface area (TPSA) is 87.9 Å². The molecule has 1 rings (SSSR count). The van der Waals surface area contributed by atoms with E-state index < -0.39 is 16.8 Å². The number of rotatable bonds is 6. The number of carbonyl (C=O) groups excluding carboxylic acids is 1. The molecule has 0 saturated carbocycles. The Hall–Kier alpha value is -2.31. The summed E-state index contributed by atoms with van der Waals surface area (Å²) >= 11 is 0. The van der Waals surface area contributed by atoms with Gasteiger partial charge in [-0.2, -0.15) is 0 Å². The van der Waals surface area contributed by atoms with Crippen LogP contribution in [0.25, 0.3) is 0 Å². The van der Waals surface area contributed by atoms with Crippen LogP contribution in [-0.2, 0) is 9.53 Å². The SMILES string of the molecule is COC(=O)C(C)COc1ccc(OC)cc1[N+](=O)[O-]. The van der Waals surface area contributed by atoms with Crippen molar-refractivity contribution >= 4 is 11.7 Å². The summed E-state index contributed by atoms with van der Waals surface area (Å²) in [6, 6.07) is 4.24. The number of nitrogens with zero attached hydrogens (tertiary/aromatic N) is 1. The number of hydrogen-bond donors (Lipinski definition) is 0. The molecule has 0 saturated heterocycles. The quantitative estimate of drug-likeness (QED) is 0.444. The lowest BCUT2D eigenvalue weighted by atomic mass is 10.2. The third-order valence-corrected chi connectivity index (χ3v) is 2.46. The molecule has 1 aromatic rings. The summed E-state index contributed by atoms with van der Waals surface area (Å²) in [4.78, 5) is 21.5. The Balaban J connectivity index is 2.83. The van der Waals surface area contributed by atoms with Crippen LogP contribution in [0.4, 0.5) is 5.69 Å². The Kier molecular flexibility index (Phi) is 5.11. The number of nitro benzene ring substituents is 1. The molecular weight excluding hydrogens is 254 g/mol. The molecule has 19 heavy (non-hydrogen) atoms. The Labute approximate surface area is 110 Å². The second kappa shape index (κ2) is 6.58. The van der Waals surface area contributed by atoms with E-state index in [9.17, 15) is 14.9 Å². The Bertz CT molecular complexity index is 473. The minimum Gasteiger partial charge on any atom is -0.496 e. The number of carbonyl (C=O) groups is 1. The average Bonchev–Trinajstić information content (AvgIpc) is 2.43. The van der Waals surface area contributed by atoms with Gasteiger partial charge in [-0.1, -0.05) is 0 Å². The Morgan fingerprint density at radius 2 is 2.11 bits per heavy atom. The molecule has 0 aliphatic carbocycles. The van der Waals surface area contributed by atoms with E-state index in [2.05, 4.69) is 4.74 Å². The first-order valence-corrected chi connectivity index (χ1v) is 5.52. The molecular formula is C12H15NO6. The molecule has 1 unspecified atom stereocenters.